The molecule has 0 amide bonds. The lowest BCUT2D eigenvalue weighted by Gasteiger charge is -2.34. The second-order valence-electron chi connectivity index (χ2n) is 6.54. The van der Waals surface area contributed by atoms with Crippen LogP contribution in [0.1, 0.15) is 26.3 Å². The third kappa shape index (κ3) is 4.77. The first-order valence-corrected chi connectivity index (χ1v) is 9.13. The molecule has 1 aromatic rings. The topological polar surface area (TPSA) is 118 Å². The molecule has 2 rings (SSSR count). The van der Waals surface area contributed by atoms with Gasteiger partial charge < -0.3 is 28.8 Å². The van der Waals surface area contributed by atoms with Gasteiger partial charge in [0, 0.05) is 38.2 Å². The Labute approximate surface area is 179 Å². The number of aromatic hydroxyl groups is 1. The fourth-order valence-electron chi connectivity index (χ4n) is 3.05. The van der Waals surface area contributed by atoms with Crippen LogP contribution in [0.4, 0.5) is 0 Å². The van der Waals surface area contributed by atoms with Gasteiger partial charge in [0.25, 0.3) is 0 Å². The Morgan fingerprint density at radius 1 is 1.00 bits per heavy atom. The van der Waals surface area contributed by atoms with Crippen LogP contribution in [0.2, 0.25) is 0 Å². The second-order valence-corrected chi connectivity index (χ2v) is 6.54. The Hall–Kier alpha value is -3.59. The summed E-state index contributed by atoms with van der Waals surface area (Å²) in [6.07, 6.45) is 4.42. The summed E-state index contributed by atoms with van der Waals surface area (Å²) in [5.74, 6) is -3.99. The molecule has 9 nitrogen and oxygen atoms in total. The Morgan fingerprint density at radius 2 is 1.68 bits per heavy atom. The lowest BCUT2D eigenvalue weighted by atomic mass is 9.90. The second kappa shape index (κ2) is 9.48. The van der Waals surface area contributed by atoms with Gasteiger partial charge in [0.1, 0.15) is 5.75 Å². The molecule has 31 heavy (non-hydrogen) atoms. The molecule has 1 aromatic carbocycles. The first-order valence-electron chi connectivity index (χ1n) is 9.13. The van der Waals surface area contributed by atoms with Gasteiger partial charge >= 0.3 is 17.7 Å². The van der Waals surface area contributed by atoms with Crippen LogP contribution in [0.3, 0.4) is 0 Å². The summed E-state index contributed by atoms with van der Waals surface area (Å²) < 4.78 is 25.9. The SMILES string of the molecule is COC1=CC(C)=C(/C=C\c2cc(O)c(OC)cc2OC(C)=O)C(=O)C1(OC)OC(C)=O. The van der Waals surface area contributed by atoms with Gasteiger partial charge in [0.2, 0.25) is 5.78 Å². The molecule has 1 aliphatic rings. The molecule has 0 fully saturated rings. The molecule has 1 aliphatic carbocycles. The molecule has 1 unspecified atom stereocenters. The Morgan fingerprint density at radius 3 is 2.19 bits per heavy atom. The highest BCUT2D eigenvalue weighted by molar-refractivity contribution is 6.08. The standard InChI is InChI=1S/C22H24O9/c1-12-9-20(28-5)22(29-6,31-14(3)24)21(26)16(12)8-7-15-10-17(25)19(27-4)11-18(15)30-13(2)23/h7-11,25H,1-6H3/b8-7-. The van der Waals surface area contributed by atoms with E-state index in [-0.39, 0.29) is 28.6 Å². The zero-order chi connectivity index (χ0) is 23.3. The third-order valence-electron chi connectivity index (χ3n) is 4.43. The van der Waals surface area contributed by atoms with Crippen LogP contribution < -0.4 is 9.47 Å². The van der Waals surface area contributed by atoms with Crippen molar-refractivity contribution in [1.29, 1.82) is 0 Å². The van der Waals surface area contributed by atoms with E-state index in [1.807, 2.05) is 0 Å². The number of allylic oxidation sites excluding steroid dienone is 3. The molecule has 166 valence electrons. The maximum absolute atomic E-state index is 13.3. The highest BCUT2D eigenvalue weighted by Crippen LogP contribution is 2.37. The quantitative estimate of drug-likeness (QED) is 0.394. The van der Waals surface area contributed by atoms with Gasteiger partial charge in [-0.1, -0.05) is 12.2 Å². The number of methoxy groups -OCH3 is 3. The van der Waals surface area contributed by atoms with E-state index in [2.05, 4.69) is 0 Å². The molecule has 0 saturated heterocycles. The van der Waals surface area contributed by atoms with Gasteiger partial charge in [0.05, 0.1) is 14.2 Å². The number of Topliss-reactive ketones (excluding diaryl/α,β-unsaturated/α-hetero) is 1. The first kappa shape index (κ1) is 23.7. The van der Waals surface area contributed by atoms with Crippen LogP contribution in [0.15, 0.2) is 41.2 Å². The van der Waals surface area contributed by atoms with Gasteiger partial charge in [-0.3, -0.25) is 14.4 Å². The predicted molar refractivity (Wildman–Crippen MR) is 109 cm³/mol. The van der Waals surface area contributed by atoms with Crippen LogP contribution in [-0.4, -0.2) is 49.9 Å². The van der Waals surface area contributed by atoms with Crippen LogP contribution in [0.5, 0.6) is 17.2 Å². The summed E-state index contributed by atoms with van der Waals surface area (Å²) in [6, 6.07) is 2.67. The normalized spacial score (nSPS) is 18.6. The highest BCUT2D eigenvalue weighted by Gasteiger charge is 2.51. The summed E-state index contributed by atoms with van der Waals surface area (Å²) in [6.45, 7) is 4.04. The molecule has 1 N–H and O–H groups in total. The van der Waals surface area contributed by atoms with Crippen molar-refractivity contribution in [2.45, 2.75) is 26.6 Å². The minimum Gasteiger partial charge on any atom is -0.504 e. The molecular weight excluding hydrogens is 408 g/mol. The first-order chi connectivity index (χ1) is 14.6. The van der Waals surface area contributed by atoms with Crippen LogP contribution in [0, 0.1) is 0 Å². The summed E-state index contributed by atoms with van der Waals surface area (Å²) in [7, 11) is 3.90. The molecule has 1 atom stereocenters. The van der Waals surface area contributed by atoms with Crippen molar-refractivity contribution in [1.82, 2.24) is 0 Å². The molecule has 0 aromatic heterocycles. The van der Waals surface area contributed by atoms with Crippen molar-refractivity contribution in [3.8, 4) is 17.2 Å². The number of phenols is 1. The summed E-state index contributed by atoms with van der Waals surface area (Å²) in [5, 5.41) is 10.1. The van der Waals surface area contributed by atoms with Gasteiger partial charge in [0.15, 0.2) is 17.3 Å². The van der Waals surface area contributed by atoms with E-state index < -0.39 is 23.5 Å². The number of hydrogen-bond acceptors (Lipinski definition) is 9. The Bertz CT molecular complexity index is 1000. The average molecular weight is 432 g/mol. The van der Waals surface area contributed by atoms with Crippen molar-refractivity contribution in [2.75, 3.05) is 21.3 Å². The van der Waals surface area contributed by atoms with Gasteiger partial charge in [-0.15, -0.1) is 0 Å². The van der Waals surface area contributed by atoms with Gasteiger partial charge in [-0.25, -0.2) is 0 Å². The minimum absolute atomic E-state index is 0.0209. The fourth-order valence-corrected chi connectivity index (χ4v) is 3.05. The van der Waals surface area contributed by atoms with E-state index in [0.717, 1.165) is 6.92 Å². The lowest BCUT2D eigenvalue weighted by molar-refractivity contribution is -0.212. The summed E-state index contributed by atoms with van der Waals surface area (Å²) in [4.78, 5) is 36.4. The number of phenolic OH excluding ortho intramolecular Hbond substituents is 1. The van der Waals surface area contributed by atoms with Crippen molar-refractivity contribution < 1.29 is 43.2 Å². The van der Waals surface area contributed by atoms with E-state index >= 15 is 0 Å². The van der Waals surface area contributed by atoms with Crippen molar-refractivity contribution >= 4 is 23.8 Å². The van der Waals surface area contributed by atoms with Gasteiger partial charge in [-0.2, -0.15) is 0 Å². The number of ketones is 1. The van der Waals surface area contributed by atoms with Crippen LogP contribution >= 0.6 is 0 Å². The molecule has 0 aliphatic heterocycles. The summed E-state index contributed by atoms with van der Waals surface area (Å²) >= 11 is 0. The number of carbonyl (C=O) groups is 3. The van der Waals surface area contributed by atoms with Crippen molar-refractivity contribution in [3.05, 3.63) is 46.8 Å². The maximum atomic E-state index is 13.3. The monoisotopic (exact) mass is 432 g/mol. The molecule has 0 heterocycles. The smallest absolute Gasteiger partial charge is 0.337 e. The van der Waals surface area contributed by atoms with Crippen LogP contribution in [0.25, 0.3) is 6.08 Å². The number of rotatable bonds is 7. The Kier molecular flexibility index (Phi) is 7.24. The summed E-state index contributed by atoms with van der Waals surface area (Å²) in [5.41, 5.74) is 0.983. The number of hydrogen-bond donors (Lipinski definition) is 1. The largest absolute Gasteiger partial charge is 0.504 e. The zero-order valence-corrected chi connectivity index (χ0v) is 18.1. The van der Waals surface area contributed by atoms with E-state index in [9.17, 15) is 19.5 Å². The van der Waals surface area contributed by atoms with E-state index in [4.69, 9.17) is 23.7 Å². The van der Waals surface area contributed by atoms with E-state index in [0.29, 0.717) is 11.1 Å². The lowest BCUT2D eigenvalue weighted by Crippen LogP contribution is -2.49. The minimum atomic E-state index is -2.07. The molecular formula is C22H24O9. The van der Waals surface area contributed by atoms with E-state index in [1.54, 1.807) is 6.92 Å². The molecule has 0 spiro atoms. The van der Waals surface area contributed by atoms with Crippen LogP contribution in [-0.2, 0) is 28.6 Å². The Balaban J connectivity index is 2.58. The molecule has 0 radical (unpaired) electrons. The van der Waals surface area contributed by atoms with E-state index in [1.165, 1.54) is 58.6 Å². The number of ether oxygens (including phenoxy) is 5. The highest BCUT2D eigenvalue weighted by atomic mass is 16.7. The number of esters is 2. The molecule has 9 heteroatoms. The molecule has 0 saturated carbocycles. The van der Waals surface area contributed by atoms with Crippen molar-refractivity contribution in [3.63, 3.8) is 0 Å². The van der Waals surface area contributed by atoms with Crippen molar-refractivity contribution in [2.24, 2.45) is 0 Å². The third-order valence-corrected chi connectivity index (χ3v) is 4.43. The fraction of sp³-hybridized carbons (Fsp3) is 0.318. The maximum Gasteiger partial charge on any atom is 0.337 e. The average Bonchev–Trinajstić information content (AvgIpc) is 2.70. The predicted octanol–water partition coefficient (Wildman–Crippen LogP) is 2.67. The number of carbonyl (C=O) groups excluding carboxylic acids is 3. The zero-order valence-electron chi connectivity index (χ0n) is 18.1. The van der Waals surface area contributed by atoms with Gasteiger partial charge in [-0.05, 0) is 24.6 Å². The number of benzene rings is 1. The molecule has 0 bridgehead atoms.